The fourth-order valence-corrected chi connectivity index (χ4v) is 4.34. The summed E-state index contributed by atoms with van der Waals surface area (Å²) in [5.74, 6) is 5.75. The number of aliphatic hydroxyl groups is 1. The Morgan fingerprint density at radius 1 is 1.24 bits per heavy atom. The van der Waals surface area contributed by atoms with Crippen molar-refractivity contribution in [1.82, 2.24) is 14.8 Å². The number of anilines is 1. The molecule has 0 saturated carbocycles. The number of carbonyl (C=O) groups is 2. The Balaban J connectivity index is 1.59. The van der Waals surface area contributed by atoms with Gasteiger partial charge in [0.15, 0.2) is 0 Å². The molecule has 0 unspecified atom stereocenters. The number of pyridine rings is 1. The number of methoxy groups -OCH3 is 1. The SMILES string of the molecule is COc1cccc(NC(=O)N(C)C[C@H]2Oc3ncc(C#Cc4ccc(F)cc4)cc3C(=O)N([C@@H](C)CO)C[C@@H]2C)c1. The Morgan fingerprint density at radius 2 is 1.98 bits per heavy atom. The molecular weight excluding hydrogens is 527 g/mol. The van der Waals surface area contributed by atoms with Crippen molar-refractivity contribution in [3.8, 4) is 23.5 Å². The molecule has 2 N–H and O–H groups in total. The van der Waals surface area contributed by atoms with Gasteiger partial charge in [-0.15, -0.1) is 0 Å². The molecule has 2 aromatic carbocycles. The van der Waals surface area contributed by atoms with Crippen molar-refractivity contribution in [1.29, 1.82) is 0 Å². The molecule has 214 valence electrons. The second-order valence-electron chi connectivity index (χ2n) is 10.00. The highest BCUT2D eigenvalue weighted by Crippen LogP contribution is 2.27. The number of nitrogens with one attached hydrogen (secondary N) is 1. The molecule has 1 aliphatic heterocycles. The maximum absolute atomic E-state index is 13.6. The van der Waals surface area contributed by atoms with Gasteiger partial charge in [-0.2, -0.15) is 0 Å². The molecule has 0 radical (unpaired) electrons. The van der Waals surface area contributed by atoms with E-state index >= 15 is 0 Å². The molecule has 0 fully saturated rings. The van der Waals surface area contributed by atoms with Crippen LogP contribution in [0, 0.1) is 23.6 Å². The lowest BCUT2D eigenvalue weighted by atomic mass is 10.00. The standard InChI is InChI=1S/C31H33FN4O5/c1-20-17-36(21(2)19-37)30(38)27-14-23(9-8-22-10-12-24(32)13-11-22)16-33-29(27)41-28(20)18-35(3)31(39)34-25-6-5-7-26(15-25)40-4/h5-7,10-16,20-21,28,37H,17-19H2,1-4H3,(H,34,39)/t20-,21-,28+/m0/s1. The van der Waals surface area contributed by atoms with Crippen molar-refractivity contribution in [3.05, 3.63) is 83.3 Å². The van der Waals surface area contributed by atoms with Gasteiger partial charge >= 0.3 is 6.03 Å². The monoisotopic (exact) mass is 560 g/mol. The normalized spacial score (nSPS) is 17.1. The second-order valence-corrected chi connectivity index (χ2v) is 10.00. The maximum atomic E-state index is 13.6. The number of rotatable bonds is 6. The van der Waals surface area contributed by atoms with Crippen LogP contribution in [0.1, 0.15) is 35.3 Å². The number of nitrogens with zero attached hydrogens (tertiary/aromatic N) is 3. The summed E-state index contributed by atoms with van der Waals surface area (Å²) in [5, 5.41) is 12.7. The number of likely N-dealkylation sites (N-methyl/N-ethyl adjacent to an activating group) is 1. The van der Waals surface area contributed by atoms with Gasteiger partial charge in [0.05, 0.1) is 26.3 Å². The number of aromatic nitrogens is 1. The van der Waals surface area contributed by atoms with Crippen LogP contribution in [0.3, 0.4) is 0 Å². The molecule has 1 aliphatic rings. The van der Waals surface area contributed by atoms with Gasteiger partial charge in [-0.1, -0.05) is 24.8 Å². The summed E-state index contributed by atoms with van der Waals surface area (Å²) in [5.41, 5.74) is 1.88. The fraction of sp³-hybridized carbons (Fsp3) is 0.323. The lowest BCUT2D eigenvalue weighted by Gasteiger charge is -2.37. The molecule has 2 heterocycles. The predicted molar refractivity (Wildman–Crippen MR) is 152 cm³/mol. The van der Waals surface area contributed by atoms with Crippen LogP contribution in [0.15, 0.2) is 60.8 Å². The third-order valence-corrected chi connectivity index (χ3v) is 6.84. The van der Waals surface area contributed by atoms with Gasteiger partial charge in [0.2, 0.25) is 5.88 Å². The van der Waals surface area contributed by atoms with E-state index in [0.29, 0.717) is 29.1 Å². The number of benzene rings is 2. The summed E-state index contributed by atoms with van der Waals surface area (Å²) in [6.07, 6.45) is 0.991. The number of fused-ring (bicyclic) bond motifs is 1. The number of carbonyl (C=O) groups excluding carboxylic acids is 2. The summed E-state index contributed by atoms with van der Waals surface area (Å²) in [6.45, 7) is 3.97. The number of halogens is 1. The molecule has 4 rings (SSSR count). The number of urea groups is 1. The molecule has 0 spiro atoms. The Hall–Kier alpha value is -4.62. The van der Waals surface area contributed by atoms with E-state index in [4.69, 9.17) is 9.47 Å². The van der Waals surface area contributed by atoms with Gasteiger partial charge < -0.3 is 29.7 Å². The van der Waals surface area contributed by atoms with Gasteiger partial charge in [0.1, 0.15) is 23.2 Å². The largest absolute Gasteiger partial charge is 0.497 e. The van der Waals surface area contributed by atoms with Crippen LogP contribution in [-0.4, -0.2) is 77.8 Å². The number of ether oxygens (including phenoxy) is 2. The highest BCUT2D eigenvalue weighted by Gasteiger charge is 2.34. The highest BCUT2D eigenvalue weighted by atomic mass is 19.1. The van der Waals surface area contributed by atoms with E-state index in [1.54, 1.807) is 68.4 Å². The third-order valence-electron chi connectivity index (χ3n) is 6.84. The molecule has 3 amide bonds. The summed E-state index contributed by atoms with van der Waals surface area (Å²) in [6, 6.07) is 13.6. The molecule has 41 heavy (non-hydrogen) atoms. The highest BCUT2D eigenvalue weighted by molar-refractivity contribution is 5.97. The van der Waals surface area contributed by atoms with Crippen molar-refractivity contribution in [2.45, 2.75) is 26.0 Å². The van der Waals surface area contributed by atoms with Gasteiger partial charge in [-0.25, -0.2) is 14.2 Å². The van der Waals surface area contributed by atoms with Crippen molar-refractivity contribution in [2.75, 3.05) is 39.2 Å². The first-order chi connectivity index (χ1) is 19.7. The molecule has 10 heteroatoms. The number of hydrogen-bond donors (Lipinski definition) is 2. The maximum Gasteiger partial charge on any atom is 0.321 e. The smallest absolute Gasteiger partial charge is 0.321 e. The number of amides is 3. The summed E-state index contributed by atoms with van der Waals surface area (Å²) in [4.78, 5) is 34.1. The molecule has 1 aromatic heterocycles. The second kappa shape index (κ2) is 13.2. The van der Waals surface area contributed by atoms with Crippen molar-refractivity contribution >= 4 is 17.6 Å². The van der Waals surface area contributed by atoms with Gasteiger partial charge in [0.25, 0.3) is 5.91 Å². The van der Waals surface area contributed by atoms with Gasteiger partial charge in [-0.05, 0) is 49.4 Å². The van der Waals surface area contributed by atoms with E-state index in [1.165, 1.54) is 23.2 Å². The van der Waals surface area contributed by atoms with Crippen LogP contribution < -0.4 is 14.8 Å². The molecular formula is C31H33FN4O5. The van der Waals surface area contributed by atoms with E-state index in [-0.39, 0.29) is 48.3 Å². The first kappa shape index (κ1) is 29.4. The zero-order chi connectivity index (χ0) is 29.5. The van der Waals surface area contributed by atoms with Crippen molar-refractivity contribution in [2.24, 2.45) is 5.92 Å². The Labute approximate surface area is 238 Å². The number of aliphatic hydroxyl groups excluding tert-OH is 1. The molecule has 9 nitrogen and oxygen atoms in total. The van der Waals surface area contributed by atoms with Crippen LogP contribution in [-0.2, 0) is 0 Å². The Morgan fingerprint density at radius 3 is 2.68 bits per heavy atom. The summed E-state index contributed by atoms with van der Waals surface area (Å²) < 4.78 is 24.7. The first-order valence-corrected chi connectivity index (χ1v) is 13.2. The topological polar surface area (TPSA) is 104 Å². The average molecular weight is 561 g/mol. The summed E-state index contributed by atoms with van der Waals surface area (Å²) >= 11 is 0. The van der Waals surface area contributed by atoms with Crippen molar-refractivity contribution < 1.29 is 28.6 Å². The van der Waals surface area contributed by atoms with Crippen molar-refractivity contribution in [3.63, 3.8) is 0 Å². The van der Waals surface area contributed by atoms with E-state index < -0.39 is 12.1 Å². The predicted octanol–water partition coefficient (Wildman–Crippen LogP) is 4.01. The minimum atomic E-state index is -0.514. The third kappa shape index (κ3) is 7.32. The quantitative estimate of drug-likeness (QED) is 0.442. The van der Waals surface area contributed by atoms with Crippen LogP contribution >= 0.6 is 0 Å². The first-order valence-electron chi connectivity index (χ1n) is 13.2. The Bertz CT molecular complexity index is 1450. The van der Waals surface area contributed by atoms with Crippen LogP contribution in [0.4, 0.5) is 14.9 Å². The minimum Gasteiger partial charge on any atom is -0.497 e. The molecule has 0 bridgehead atoms. The minimum absolute atomic E-state index is 0.121. The van der Waals surface area contributed by atoms with Crippen LogP contribution in [0.5, 0.6) is 11.6 Å². The molecule has 0 saturated heterocycles. The average Bonchev–Trinajstić information content (AvgIpc) is 2.98. The van der Waals surface area contributed by atoms with Crippen LogP contribution in [0.25, 0.3) is 0 Å². The summed E-state index contributed by atoms with van der Waals surface area (Å²) in [7, 11) is 3.21. The molecule has 3 aromatic rings. The fourth-order valence-electron chi connectivity index (χ4n) is 4.34. The molecule has 0 aliphatic carbocycles. The number of hydrogen-bond acceptors (Lipinski definition) is 6. The van der Waals surface area contributed by atoms with E-state index in [1.807, 2.05) is 6.92 Å². The Kier molecular flexibility index (Phi) is 9.42. The van der Waals surface area contributed by atoms with Gasteiger partial charge in [0, 0.05) is 48.6 Å². The van der Waals surface area contributed by atoms with Crippen LogP contribution in [0.2, 0.25) is 0 Å². The van der Waals surface area contributed by atoms with Gasteiger partial charge in [-0.3, -0.25) is 4.79 Å². The lowest BCUT2D eigenvalue weighted by Crippen LogP contribution is -2.50. The van der Waals surface area contributed by atoms with E-state index in [9.17, 15) is 19.1 Å². The lowest BCUT2D eigenvalue weighted by molar-refractivity contribution is 0.0356. The van der Waals surface area contributed by atoms with E-state index in [2.05, 4.69) is 22.1 Å². The zero-order valence-corrected chi connectivity index (χ0v) is 23.4. The zero-order valence-electron chi connectivity index (χ0n) is 23.4. The molecule has 3 atom stereocenters. The van der Waals surface area contributed by atoms with E-state index in [0.717, 1.165) is 0 Å².